The molecular formula is C91H121N17O17. The van der Waals surface area contributed by atoms with Crippen LogP contribution in [-0.2, 0) is 106 Å². The molecule has 5 aromatic carbocycles. The van der Waals surface area contributed by atoms with E-state index in [9.17, 15) is 68.1 Å². The van der Waals surface area contributed by atoms with Crippen molar-refractivity contribution in [3.05, 3.63) is 192 Å². The zero-order valence-corrected chi connectivity index (χ0v) is 72.5. The Morgan fingerprint density at radius 3 is 1.29 bits per heavy atom. The highest BCUT2D eigenvalue weighted by Crippen LogP contribution is 2.24. The molecule has 15 atom stereocenters. The first-order valence-electron chi connectivity index (χ1n) is 42.4. The van der Waals surface area contributed by atoms with Gasteiger partial charge in [0.2, 0.25) is 76.8 Å². The van der Waals surface area contributed by atoms with Crippen LogP contribution in [0.1, 0.15) is 142 Å². The van der Waals surface area contributed by atoms with E-state index < -0.39 is 179 Å². The lowest BCUT2D eigenvalue weighted by Gasteiger charge is -2.33. The summed E-state index contributed by atoms with van der Waals surface area (Å²) in [6.07, 6.45) is 2.86. The van der Waals surface area contributed by atoms with E-state index in [1.165, 1.54) is 62.5 Å². The number of hydrogen-bond donors (Lipinski definition) is 18. The molecule has 0 aliphatic carbocycles. The molecule has 0 bridgehead atoms. The summed E-state index contributed by atoms with van der Waals surface area (Å²) >= 11 is 0. The Morgan fingerprint density at radius 2 is 0.824 bits per heavy atom. The van der Waals surface area contributed by atoms with Crippen molar-refractivity contribution in [1.29, 1.82) is 0 Å². The van der Waals surface area contributed by atoms with Crippen LogP contribution in [0.4, 0.5) is 0 Å². The molecule has 1 aliphatic rings. The van der Waals surface area contributed by atoms with Crippen LogP contribution in [0.3, 0.4) is 0 Å². The van der Waals surface area contributed by atoms with Crippen molar-refractivity contribution in [3.8, 4) is 5.75 Å². The number of H-pyrrole nitrogens is 2. The number of rotatable bonds is 46. The SMILES string of the molecule is CC(C)C[C@H](NC(=O)[C@H](Cc1ccccc1)NC(=O)[C@H](Cc1ccccc1)NC(=O)[C@@H](N)CC(C)C)C(=O)N[C@@H](CC(C)C)C(=O)N[C@H](C(=O)N[C@H](C(=O)N1CCC[C@H]1C(=O)N[C@@H](Cc1ccccc1)C(=O)N[C@@H](Cc1c[nH]c2ccccc12)C(=O)N[C@@H](C)C(=O)N[C@@H](Cc1cnc[nH]1)C(=O)N[C@@H](Cc1ccc(O)cc1)C(=O)N[C@@H](C)C(=O)O)C(C)C)[C@@H](C)O. The van der Waals surface area contributed by atoms with Crippen molar-refractivity contribution < 1.29 is 82.4 Å². The molecule has 13 amide bonds. The van der Waals surface area contributed by atoms with Gasteiger partial charge in [-0.05, 0) is 123 Å². The van der Waals surface area contributed by atoms with Gasteiger partial charge in [0, 0.05) is 74.1 Å². The number of aromatic hydroxyl groups is 1. The number of carbonyl (C=O) groups is 14. The van der Waals surface area contributed by atoms with E-state index in [1.54, 1.807) is 137 Å². The number of benzene rings is 5. The first-order chi connectivity index (χ1) is 59.4. The molecule has 0 unspecified atom stereocenters. The van der Waals surface area contributed by atoms with Gasteiger partial charge in [-0.2, -0.15) is 0 Å². The van der Waals surface area contributed by atoms with Crippen molar-refractivity contribution in [2.24, 2.45) is 29.4 Å². The van der Waals surface area contributed by atoms with Crippen molar-refractivity contribution in [2.45, 2.75) is 237 Å². The highest BCUT2D eigenvalue weighted by atomic mass is 16.4. The molecule has 8 rings (SSSR count). The van der Waals surface area contributed by atoms with E-state index in [1.807, 2.05) is 39.8 Å². The van der Waals surface area contributed by atoms with E-state index in [-0.39, 0.29) is 87.8 Å². The van der Waals surface area contributed by atoms with Crippen LogP contribution in [0.15, 0.2) is 158 Å². The van der Waals surface area contributed by atoms with Crippen LogP contribution >= 0.6 is 0 Å². The van der Waals surface area contributed by atoms with Crippen molar-refractivity contribution >= 4 is 93.7 Å². The molecule has 0 spiro atoms. The maximum Gasteiger partial charge on any atom is 0.325 e. The number of carboxylic acids is 1. The monoisotopic (exact) mass is 1720 g/mol. The number of likely N-dealkylation sites (tertiary alicyclic amines) is 1. The Hall–Kier alpha value is -12.9. The lowest BCUT2D eigenvalue weighted by Crippen LogP contribution is -2.63. The Morgan fingerprint density at radius 1 is 0.424 bits per heavy atom. The number of aromatic amines is 2. The molecule has 672 valence electrons. The van der Waals surface area contributed by atoms with Crippen LogP contribution in [0.5, 0.6) is 5.75 Å². The average molecular weight is 1730 g/mol. The van der Waals surface area contributed by atoms with Gasteiger partial charge in [0.15, 0.2) is 0 Å². The number of aliphatic carboxylic acids is 1. The number of aliphatic hydroxyl groups is 1. The Labute approximate surface area is 727 Å². The molecule has 1 saturated heterocycles. The number of carboxylic acid groups (broad SMARTS) is 1. The number of fused-ring (bicyclic) bond motifs is 1. The van der Waals surface area contributed by atoms with Crippen LogP contribution in [0.25, 0.3) is 10.9 Å². The van der Waals surface area contributed by atoms with Crippen LogP contribution in [0, 0.1) is 23.7 Å². The summed E-state index contributed by atoms with van der Waals surface area (Å²) in [6.45, 7) is 18.2. The number of imidazole rings is 1. The Bertz CT molecular complexity index is 4800. The maximum absolute atomic E-state index is 15.2. The standard InChI is InChI=1S/C91H121N17O17/c1-50(2)38-65(92)79(112)99-70(41-57-24-15-12-16-25-57)83(116)103-71(42-58-26-17-13-18-27-58)84(117)100-67(39-51(3)4)82(115)101-68(40-52(5)6)87(120)107-77(56(11)109)89(122)106-76(53(7)8)90(123)108-37-23-32-75(108)88(121)105-72(43-59-28-19-14-20-29-59)85(118)104-73(45-61-47-94-66-31-22-21-30-64(61)66)81(114)96-54(9)78(111)98-74(46-62-48-93-49-95-62)86(119)102-69(80(113)97-55(10)91(124)125)44-60-33-35-63(110)36-34-60/h12-22,24-31,33-36,47-56,65,67-77,94,109-110H,23,32,37-46,92H2,1-11H3,(H,93,95)(H,96,114)(H,97,113)(H,98,111)(H,99,112)(H,100,117)(H,101,115)(H,102,119)(H,103,116)(H,104,118)(H,105,121)(H,106,122)(H,107,120)(H,124,125)/t54-,55-,56+,65-,67-,68-,69-,70-,71-,72-,73-,74-,75-,76-,77-/m0/s1. The largest absolute Gasteiger partial charge is 0.508 e. The second kappa shape index (κ2) is 47.1. The van der Waals surface area contributed by atoms with Gasteiger partial charge in [-0.25, -0.2) is 4.98 Å². The van der Waals surface area contributed by atoms with Gasteiger partial charge in [-0.1, -0.05) is 177 Å². The molecule has 34 nitrogen and oxygen atoms in total. The topological polar surface area (TPSA) is 518 Å². The molecule has 34 heteroatoms. The molecular weight excluding hydrogens is 1600 g/mol. The third-order valence-corrected chi connectivity index (χ3v) is 21.5. The lowest BCUT2D eigenvalue weighted by molar-refractivity contribution is -0.144. The number of phenols is 1. The fourth-order valence-electron chi connectivity index (χ4n) is 14.7. The summed E-state index contributed by atoms with van der Waals surface area (Å²) in [7, 11) is 0. The Kier molecular flexibility index (Phi) is 36.8. The maximum atomic E-state index is 15.2. The zero-order valence-electron chi connectivity index (χ0n) is 72.5. The number of aromatic nitrogens is 3. The molecule has 1 fully saturated rings. The minimum absolute atomic E-state index is 0.00444. The van der Waals surface area contributed by atoms with Gasteiger partial charge in [-0.15, -0.1) is 0 Å². The quantitative estimate of drug-likeness (QED) is 0.0261. The highest BCUT2D eigenvalue weighted by Gasteiger charge is 2.43. The van der Waals surface area contributed by atoms with Gasteiger partial charge in [0.1, 0.15) is 84.3 Å². The molecule has 125 heavy (non-hydrogen) atoms. The van der Waals surface area contributed by atoms with Gasteiger partial charge in [0.25, 0.3) is 0 Å². The number of nitrogens with two attached hydrogens (primary N) is 1. The molecule has 7 aromatic rings. The number of aliphatic hydroxyl groups excluding tert-OH is 1. The molecule has 0 saturated carbocycles. The van der Waals surface area contributed by atoms with E-state index in [4.69, 9.17) is 5.73 Å². The number of nitrogens with zero attached hydrogens (tertiary/aromatic N) is 2. The number of amides is 13. The number of hydrogen-bond acceptors (Lipinski definition) is 18. The summed E-state index contributed by atoms with van der Waals surface area (Å²) in [4.78, 5) is 213. The van der Waals surface area contributed by atoms with Crippen molar-refractivity contribution in [3.63, 3.8) is 0 Å². The van der Waals surface area contributed by atoms with Crippen molar-refractivity contribution in [1.82, 2.24) is 83.7 Å². The minimum atomic E-state index is -1.75. The van der Waals surface area contributed by atoms with Gasteiger partial charge >= 0.3 is 5.97 Å². The smallest absolute Gasteiger partial charge is 0.325 e. The summed E-state index contributed by atoms with van der Waals surface area (Å²) in [5.41, 5.74) is 10.3. The first-order valence-corrected chi connectivity index (χ1v) is 42.4. The van der Waals surface area contributed by atoms with Crippen LogP contribution < -0.4 is 69.5 Å². The second-order valence-electron chi connectivity index (χ2n) is 33.7. The minimum Gasteiger partial charge on any atom is -0.508 e. The molecule has 1 aliphatic heterocycles. The lowest BCUT2D eigenvalue weighted by atomic mass is 9.98. The predicted molar refractivity (Wildman–Crippen MR) is 466 cm³/mol. The molecule has 0 radical (unpaired) electrons. The van der Waals surface area contributed by atoms with Crippen molar-refractivity contribution in [2.75, 3.05) is 6.54 Å². The summed E-state index contributed by atoms with van der Waals surface area (Å²) < 4.78 is 0. The first kappa shape index (κ1) is 97.6. The summed E-state index contributed by atoms with van der Waals surface area (Å²) in [5, 5.41) is 64.2. The van der Waals surface area contributed by atoms with Crippen LogP contribution in [-0.4, -0.2) is 215 Å². The fourth-order valence-corrected chi connectivity index (χ4v) is 14.7. The van der Waals surface area contributed by atoms with E-state index >= 15 is 14.4 Å². The second-order valence-corrected chi connectivity index (χ2v) is 33.7. The fraction of sp³-hybridized carbons (Fsp3) is 0.462. The number of carbonyl (C=O) groups excluding carboxylic acids is 13. The zero-order chi connectivity index (χ0) is 91.3. The number of nitrogens with one attached hydrogen (secondary N) is 14. The van der Waals surface area contributed by atoms with Gasteiger partial charge in [-0.3, -0.25) is 67.1 Å². The normalized spacial score (nSPS) is 16.0. The number of phenolic OH excluding ortho intramolecular Hbond substituents is 1. The molecule has 3 heterocycles. The van der Waals surface area contributed by atoms with E-state index in [0.717, 1.165) is 5.56 Å². The number of para-hydroxylation sites is 1. The summed E-state index contributed by atoms with van der Waals surface area (Å²) in [5.74, 6) is -13.1. The van der Waals surface area contributed by atoms with E-state index in [0.29, 0.717) is 51.7 Å². The molecule has 2 aromatic heterocycles. The van der Waals surface area contributed by atoms with Gasteiger partial charge < -0.3 is 99.7 Å². The summed E-state index contributed by atoms with van der Waals surface area (Å²) in [6, 6.07) is 20.3. The third-order valence-electron chi connectivity index (χ3n) is 21.5. The van der Waals surface area contributed by atoms with E-state index in [2.05, 4.69) is 78.8 Å². The predicted octanol–water partition coefficient (Wildman–Crippen LogP) is 2.79. The van der Waals surface area contributed by atoms with Crippen LogP contribution in [0.2, 0.25) is 0 Å². The third kappa shape index (κ3) is 30.0. The Balaban J connectivity index is 0.969. The molecule has 19 N–H and O–H groups in total. The average Bonchev–Trinajstić information content (AvgIpc) is 1.75. The van der Waals surface area contributed by atoms with Gasteiger partial charge in [0.05, 0.1) is 18.5 Å². The highest BCUT2D eigenvalue weighted by molar-refractivity contribution is 6.01.